The first-order chi connectivity index (χ1) is 6.00. The molecule has 0 unspecified atom stereocenters. The number of carbonyl (C=O) groups is 1. The second-order valence-corrected chi connectivity index (χ2v) is 2.49. The van der Waals surface area contributed by atoms with Crippen LogP contribution in [0, 0.1) is 0 Å². The molecule has 1 aromatic rings. The molecule has 0 atom stereocenters. The first-order valence-electron chi connectivity index (χ1n) is 3.42. The van der Waals surface area contributed by atoms with Gasteiger partial charge in [-0.05, 0) is 18.2 Å². The number of halogens is 2. The average Bonchev–Trinajstić information content (AvgIpc) is 2.03. The minimum atomic E-state index is -2.71. The third kappa shape index (κ3) is 2.14. The number of alkyl halides is 2. The summed E-state index contributed by atoms with van der Waals surface area (Å²) in [6.07, 6.45) is -2.71. The lowest BCUT2D eigenvalue weighted by Gasteiger charge is -2.02. The predicted octanol–water partition coefficient (Wildman–Crippen LogP) is 1.90. The number of aromatic carboxylic acids is 1. The molecule has 3 nitrogen and oxygen atoms in total. The number of nitrogen functional groups attached to an aromatic ring is 1. The van der Waals surface area contributed by atoms with Crippen molar-refractivity contribution in [2.24, 2.45) is 0 Å². The van der Waals surface area contributed by atoms with Gasteiger partial charge >= 0.3 is 5.97 Å². The van der Waals surface area contributed by atoms with E-state index in [-0.39, 0.29) is 16.8 Å². The molecule has 3 N–H and O–H groups in total. The van der Waals surface area contributed by atoms with Crippen molar-refractivity contribution in [3.8, 4) is 0 Å². The van der Waals surface area contributed by atoms with E-state index < -0.39 is 12.4 Å². The Morgan fingerprint density at radius 2 is 2.00 bits per heavy atom. The number of rotatable bonds is 2. The Balaban J connectivity index is 3.19. The van der Waals surface area contributed by atoms with E-state index in [9.17, 15) is 13.6 Å². The van der Waals surface area contributed by atoms with E-state index in [1.54, 1.807) is 0 Å². The smallest absolute Gasteiger partial charge is 0.335 e. The molecule has 0 saturated heterocycles. The van der Waals surface area contributed by atoms with Crippen LogP contribution in [-0.4, -0.2) is 11.1 Å². The SMILES string of the molecule is Nc1cc(C(=O)O)cc(C(F)F)c1. The maximum absolute atomic E-state index is 12.1. The van der Waals surface area contributed by atoms with Gasteiger partial charge in [-0.25, -0.2) is 13.6 Å². The lowest BCUT2D eigenvalue weighted by Crippen LogP contribution is -2.00. The standard InChI is InChI=1S/C8H7F2NO2/c9-7(10)4-1-5(8(12)13)3-6(11)2-4/h1-3,7H,11H2,(H,12,13). The van der Waals surface area contributed by atoms with E-state index in [2.05, 4.69) is 0 Å². The fraction of sp³-hybridized carbons (Fsp3) is 0.125. The van der Waals surface area contributed by atoms with Crippen LogP contribution in [0.15, 0.2) is 18.2 Å². The van der Waals surface area contributed by atoms with Gasteiger partial charge in [0.2, 0.25) is 0 Å². The van der Waals surface area contributed by atoms with Gasteiger partial charge in [-0.15, -0.1) is 0 Å². The van der Waals surface area contributed by atoms with Crippen molar-refractivity contribution in [2.45, 2.75) is 6.43 Å². The second-order valence-electron chi connectivity index (χ2n) is 2.49. The first kappa shape index (κ1) is 9.44. The summed E-state index contributed by atoms with van der Waals surface area (Å²) in [6.45, 7) is 0. The van der Waals surface area contributed by atoms with E-state index in [0.29, 0.717) is 0 Å². The van der Waals surface area contributed by atoms with Crippen molar-refractivity contribution in [2.75, 3.05) is 5.73 Å². The maximum Gasteiger partial charge on any atom is 0.335 e. The van der Waals surface area contributed by atoms with Crippen LogP contribution in [0.4, 0.5) is 14.5 Å². The molecule has 0 aliphatic heterocycles. The zero-order chi connectivity index (χ0) is 10.0. The zero-order valence-corrected chi connectivity index (χ0v) is 6.50. The molecular formula is C8H7F2NO2. The van der Waals surface area contributed by atoms with Crippen LogP contribution in [-0.2, 0) is 0 Å². The van der Waals surface area contributed by atoms with Crippen LogP contribution in [0.2, 0.25) is 0 Å². The third-order valence-electron chi connectivity index (χ3n) is 1.48. The molecule has 1 rings (SSSR count). The quantitative estimate of drug-likeness (QED) is 0.695. The lowest BCUT2D eigenvalue weighted by atomic mass is 10.1. The number of benzene rings is 1. The number of nitrogens with two attached hydrogens (primary N) is 1. The summed E-state index contributed by atoms with van der Waals surface area (Å²) in [5.41, 5.74) is 4.66. The number of hydrogen-bond acceptors (Lipinski definition) is 2. The lowest BCUT2D eigenvalue weighted by molar-refractivity contribution is 0.0696. The fourth-order valence-corrected chi connectivity index (χ4v) is 0.926. The number of carboxylic acids is 1. The molecular weight excluding hydrogens is 180 g/mol. The molecule has 5 heteroatoms. The highest BCUT2D eigenvalue weighted by Gasteiger charge is 2.11. The van der Waals surface area contributed by atoms with Gasteiger partial charge in [0.05, 0.1) is 5.56 Å². The predicted molar refractivity (Wildman–Crippen MR) is 42.8 cm³/mol. The number of hydrogen-bond donors (Lipinski definition) is 2. The van der Waals surface area contributed by atoms with Gasteiger partial charge in [0.15, 0.2) is 0 Å². The van der Waals surface area contributed by atoms with Gasteiger partial charge in [0.1, 0.15) is 0 Å². The largest absolute Gasteiger partial charge is 0.478 e. The topological polar surface area (TPSA) is 63.3 Å². The van der Waals surface area contributed by atoms with E-state index >= 15 is 0 Å². The Kier molecular flexibility index (Phi) is 2.46. The molecule has 0 amide bonds. The summed E-state index contributed by atoms with van der Waals surface area (Å²) in [4.78, 5) is 10.4. The van der Waals surface area contributed by atoms with Crippen molar-refractivity contribution in [1.82, 2.24) is 0 Å². The summed E-state index contributed by atoms with van der Waals surface area (Å²) < 4.78 is 24.3. The van der Waals surface area contributed by atoms with Crippen LogP contribution in [0.25, 0.3) is 0 Å². The van der Waals surface area contributed by atoms with Gasteiger partial charge in [-0.3, -0.25) is 0 Å². The summed E-state index contributed by atoms with van der Waals surface area (Å²) >= 11 is 0. The monoisotopic (exact) mass is 187 g/mol. The zero-order valence-electron chi connectivity index (χ0n) is 6.50. The molecule has 0 spiro atoms. The average molecular weight is 187 g/mol. The second kappa shape index (κ2) is 3.38. The van der Waals surface area contributed by atoms with Crippen molar-refractivity contribution in [3.05, 3.63) is 29.3 Å². The van der Waals surface area contributed by atoms with Gasteiger partial charge < -0.3 is 10.8 Å². The number of carboxylic acid groups (broad SMARTS) is 1. The van der Waals surface area contributed by atoms with Crippen LogP contribution in [0.1, 0.15) is 22.3 Å². The van der Waals surface area contributed by atoms with Crippen LogP contribution >= 0.6 is 0 Å². The minimum absolute atomic E-state index is 0.0233. The Morgan fingerprint density at radius 3 is 2.46 bits per heavy atom. The summed E-state index contributed by atoms with van der Waals surface area (Å²) in [7, 11) is 0. The third-order valence-corrected chi connectivity index (χ3v) is 1.48. The molecule has 0 saturated carbocycles. The van der Waals surface area contributed by atoms with Crippen LogP contribution in [0.3, 0.4) is 0 Å². The normalized spacial score (nSPS) is 10.4. The van der Waals surface area contributed by atoms with E-state index in [4.69, 9.17) is 10.8 Å². The minimum Gasteiger partial charge on any atom is -0.478 e. The van der Waals surface area contributed by atoms with Gasteiger partial charge in [-0.2, -0.15) is 0 Å². The summed E-state index contributed by atoms with van der Waals surface area (Å²) in [5, 5.41) is 8.52. The first-order valence-corrected chi connectivity index (χ1v) is 3.42. The highest BCUT2D eigenvalue weighted by atomic mass is 19.3. The molecule has 0 bridgehead atoms. The highest BCUT2D eigenvalue weighted by molar-refractivity contribution is 5.89. The van der Waals surface area contributed by atoms with Gasteiger partial charge in [0.25, 0.3) is 6.43 Å². The molecule has 0 aliphatic carbocycles. The van der Waals surface area contributed by atoms with Crippen molar-refractivity contribution in [3.63, 3.8) is 0 Å². The Morgan fingerprint density at radius 1 is 1.38 bits per heavy atom. The van der Waals surface area contributed by atoms with E-state index in [1.165, 1.54) is 0 Å². The fourth-order valence-electron chi connectivity index (χ4n) is 0.926. The highest BCUT2D eigenvalue weighted by Crippen LogP contribution is 2.22. The van der Waals surface area contributed by atoms with Gasteiger partial charge in [-0.1, -0.05) is 0 Å². The van der Waals surface area contributed by atoms with E-state index in [0.717, 1.165) is 18.2 Å². The maximum atomic E-state index is 12.1. The Labute approximate surface area is 72.8 Å². The van der Waals surface area contributed by atoms with Crippen LogP contribution < -0.4 is 5.73 Å². The molecule has 0 aromatic heterocycles. The molecule has 13 heavy (non-hydrogen) atoms. The summed E-state index contributed by atoms with van der Waals surface area (Å²) in [6, 6.07) is 3.09. The Hall–Kier alpha value is -1.65. The molecule has 1 aromatic carbocycles. The molecule has 0 fully saturated rings. The molecule has 0 aliphatic rings. The van der Waals surface area contributed by atoms with E-state index in [1.807, 2.05) is 0 Å². The molecule has 70 valence electrons. The van der Waals surface area contributed by atoms with Gasteiger partial charge in [0, 0.05) is 11.3 Å². The van der Waals surface area contributed by atoms with Crippen LogP contribution in [0.5, 0.6) is 0 Å². The van der Waals surface area contributed by atoms with Crippen molar-refractivity contribution in [1.29, 1.82) is 0 Å². The van der Waals surface area contributed by atoms with Crippen molar-refractivity contribution >= 4 is 11.7 Å². The Bertz CT molecular complexity index is 339. The summed E-state index contributed by atoms with van der Waals surface area (Å²) in [5.74, 6) is -1.27. The molecule has 0 heterocycles. The molecule has 0 radical (unpaired) electrons. The number of anilines is 1. The van der Waals surface area contributed by atoms with Crippen molar-refractivity contribution < 1.29 is 18.7 Å².